The molecule has 2 aromatic heterocycles. The number of aromatic nitrogens is 1. The molecule has 0 aliphatic carbocycles. The number of likely N-dealkylation sites (tertiary alicyclic amines) is 1. The molecule has 1 aromatic carbocycles. The van der Waals surface area contributed by atoms with Crippen molar-refractivity contribution in [1.82, 2.24) is 9.88 Å². The fourth-order valence-corrected chi connectivity index (χ4v) is 4.11. The maximum absolute atomic E-state index is 12.8. The summed E-state index contributed by atoms with van der Waals surface area (Å²) in [6.45, 7) is 5.57. The van der Waals surface area contributed by atoms with Gasteiger partial charge in [-0.2, -0.15) is 0 Å². The molecular formula is C23H26N2O4. The number of nitrogens with zero attached hydrogens (tertiary/aromatic N) is 2. The minimum Gasteiger partial charge on any atom is -0.483 e. The zero-order chi connectivity index (χ0) is 20.8. The summed E-state index contributed by atoms with van der Waals surface area (Å²) in [5.74, 6) is 0.718. The molecule has 6 heteroatoms. The van der Waals surface area contributed by atoms with Crippen molar-refractivity contribution in [1.29, 1.82) is 0 Å². The lowest BCUT2D eigenvalue weighted by Gasteiger charge is -2.16. The van der Waals surface area contributed by atoms with E-state index in [1.54, 1.807) is 12.5 Å². The third-order valence-corrected chi connectivity index (χ3v) is 5.32. The molecule has 1 fully saturated rings. The van der Waals surface area contributed by atoms with Gasteiger partial charge < -0.3 is 14.4 Å². The topological polar surface area (TPSA) is 83.6 Å². The first-order valence-corrected chi connectivity index (χ1v) is 9.73. The molecule has 3 heterocycles. The Hall–Kier alpha value is -3.15. The lowest BCUT2D eigenvalue weighted by Crippen LogP contribution is -2.30. The van der Waals surface area contributed by atoms with E-state index in [-0.39, 0.29) is 12.4 Å². The van der Waals surface area contributed by atoms with Gasteiger partial charge in [-0.3, -0.25) is 14.6 Å². The van der Waals surface area contributed by atoms with Crippen LogP contribution in [0.5, 0.6) is 0 Å². The van der Waals surface area contributed by atoms with Crippen LogP contribution < -0.4 is 0 Å². The highest BCUT2D eigenvalue weighted by Gasteiger charge is 2.27. The second-order valence-electron chi connectivity index (χ2n) is 7.56. The fraction of sp³-hybridized carbons (Fsp3) is 0.348. The molecular weight excluding hydrogens is 368 g/mol. The van der Waals surface area contributed by atoms with Gasteiger partial charge in [0.1, 0.15) is 5.58 Å². The second-order valence-corrected chi connectivity index (χ2v) is 7.56. The molecule has 152 valence electrons. The summed E-state index contributed by atoms with van der Waals surface area (Å²) >= 11 is 0. The highest BCUT2D eigenvalue weighted by molar-refractivity contribution is 5.90. The summed E-state index contributed by atoms with van der Waals surface area (Å²) in [5.41, 5.74) is 5.48. The molecule has 6 nitrogen and oxygen atoms in total. The van der Waals surface area contributed by atoms with E-state index in [0.717, 1.165) is 42.5 Å². The Morgan fingerprint density at radius 3 is 2.90 bits per heavy atom. The zero-order valence-corrected chi connectivity index (χ0v) is 16.8. The molecule has 1 atom stereocenters. The van der Waals surface area contributed by atoms with Gasteiger partial charge in [-0.05, 0) is 61.4 Å². The second kappa shape index (κ2) is 9.37. The Morgan fingerprint density at radius 1 is 1.38 bits per heavy atom. The molecule has 1 aliphatic heterocycles. The van der Waals surface area contributed by atoms with Gasteiger partial charge >= 0.3 is 0 Å². The van der Waals surface area contributed by atoms with Gasteiger partial charge in [0.15, 0.2) is 0 Å². The van der Waals surface area contributed by atoms with E-state index >= 15 is 0 Å². The van der Waals surface area contributed by atoms with E-state index in [1.165, 1.54) is 16.7 Å². The van der Waals surface area contributed by atoms with Crippen LogP contribution >= 0.6 is 0 Å². The number of fused-ring (bicyclic) bond motifs is 1. The van der Waals surface area contributed by atoms with Crippen LogP contribution in [0.4, 0.5) is 0 Å². The smallest absolute Gasteiger partial charge is 0.290 e. The Bertz CT molecular complexity index is 981. The highest BCUT2D eigenvalue weighted by Crippen LogP contribution is 2.28. The largest absolute Gasteiger partial charge is 0.483 e. The van der Waals surface area contributed by atoms with Crippen molar-refractivity contribution in [3.8, 4) is 0 Å². The number of rotatable bonds is 4. The summed E-state index contributed by atoms with van der Waals surface area (Å²) in [5, 5.41) is 7.98. The Balaban J connectivity index is 0.000000755. The van der Waals surface area contributed by atoms with Gasteiger partial charge in [0.2, 0.25) is 5.91 Å². The first-order valence-electron chi connectivity index (χ1n) is 9.73. The van der Waals surface area contributed by atoms with E-state index in [2.05, 4.69) is 31.0 Å². The third-order valence-electron chi connectivity index (χ3n) is 5.32. The number of furan rings is 1. The number of hydrogen-bond donors (Lipinski definition) is 1. The van der Waals surface area contributed by atoms with E-state index in [1.807, 2.05) is 23.2 Å². The fourth-order valence-electron chi connectivity index (χ4n) is 4.11. The zero-order valence-electron chi connectivity index (χ0n) is 16.8. The number of carboxylic acid groups (broad SMARTS) is 1. The molecule has 4 rings (SSSR count). The first kappa shape index (κ1) is 20.6. The minimum absolute atomic E-state index is 0.196. The molecule has 29 heavy (non-hydrogen) atoms. The maximum Gasteiger partial charge on any atom is 0.290 e. The molecule has 0 bridgehead atoms. The molecule has 1 N–H and O–H groups in total. The van der Waals surface area contributed by atoms with Gasteiger partial charge in [0.05, 0.1) is 12.7 Å². The number of benzene rings is 1. The number of hydrogen-bond acceptors (Lipinski definition) is 4. The standard InChI is InChI=1S/C22H24N2O2.CH2O2/c1-15-8-16(2)22-19(14-26-20(22)9-15)11-21(25)24-7-5-18(13-24)10-17-4-3-6-23-12-17;2-1-3/h3-4,6,8-9,12,14,18H,5,7,10-11,13H2,1-2H3;1H,(H,2,3). The van der Waals surface area contributed by atoms with Gasteiger partial charge in [0, 0.05) is 36.4 Å². The van der Waals surface area contributed by atoms with Gasteiger partial charge in [-0.25, -0.2) is 0 Å². The number of pyridine rings is 1. The van der Waals surface area contributed by atoms with Crippen LogP contribution in [-0.2, 0) is 22.4 Å². The molecule has 1 unspecified atom stereocenters. The molecule has 0 radical (unpaired) electrons. The van der Waals surface area contributed by atoms with Crippen molar-refractivity contribution < 1.29 is 19.1 Å². The van der Waals surface area contributed by atoms with Crippen LogP contribution in [0.25, 0.3) is 11.0 Å². The van der Waals surface area contributed by atoms with Crippen molar-refractivity contribution in [2.45, 2.75) is 33.1 Å². The molecule has 0 spiro atoms. The van der Waals surface area contributed by atoms with Crippen molar-refractivity contribution in [2.75, 3.05) is 13.1 Å². The van der Waals surface area contributed by atoms with E-state index in [0.29, 0.717) is 12.3 Å². The summed E-state index contributed by atoms with van der Waals surface area (Å²) < 4.78 is 5.70. The summed E-state index contributed by atoms with van der Waals surface area (Å²) in [7, 11) is 0. The SMILES string of the molecule is Cc1cc(C)c2c(CC(=O)N3CCC(Cc4cccnc4)C3)coc2c1.O=CO. The highest BCUT2D eigenvalue weighted by atomic mass is 16.3. The number of aryl methyl sites for hydroxylation is 2. The Labute approximate surface area is 170 Å². The number of amides is 1. The van der Waals surface area contributed by atoms with Crippen LogP contribution in [0.3, 0.4) is 0 Å². The van der Waals surface area contributed by atoms with Crippen LogP contribution in [-0.4, -0.2) is 40.5 Å². The maximum atomic E-state index is 12.8. The van der Waals surface area contributed by atoms with Gasteiger partial charge in [-0.15, -0.1) is 0 Å². The summed E-state index contributed by atoms with van der Waals surface area (Å²) in [4.78, 5) is 27.4. The van der Waals surface area contributed by atoms with Crippen molar-refractivity contribution >= 4 is 23.3 Å². The van der Waals surface area contributed by atoms with Crippen LogP contribution in [0.15, 0.2) is 47.3 Å². The van der Waals surface area contributed by atoms with E-state index in [9.17, 15) is 4.79 Å². The monoisotopic (exact) mass is 394 g/mol. The third kappa shape index (κ3) is 5.02. The normalized spacial score (nSPS) is 15.8. The number of carbonyl (C=O) groups is 2. The van der Waals surface area contributed by atoms with Gasteiger partial charge in [0.25, 0.3) is 6.47 Å². The molecule has 1 amide bonds. The first-order chi connectivity index (χ1) is 14.0. The predicted molar refractivity (Wildman–Crippen MR) is 111 cm³/mol. The average molecular weight is 394 g/mol. The molecule has 3 aromatic rings. The van der Waals surface area contributed by atoms with Crippen molar-refractivity contribution in [2.24, 2.45) is 5.92 Å². The molecule has 1 saturated heterocycles. The van der Waals surface area contributed by atoms with Crippen molar-refractivity contribution in [3.63, 3.8) is 0 Å². The summed E-state index contributed by atoms with van der Waals surface area (Å²) in [6.07, 6.45) is 7.93. The molecule has 0 saturated carbocycles. The lowest BCUT2D eigenvalue weighted by atomic mass is 10.00. The van der Waals surface area contributed by atoms with E-state index in [4.69, 9.17) is 14.3 Å². The Morgan fingerprint density at radius 2 is 2.17 bits per heavy atom. The Kier molecular flexibility index (Phi) is 6.65. The van der Waals surface area contributed by atoms with E-state index < -0.39 is 0 Å². The van der Waals surface area contributed by atoms with Crippen LogP contribution in [0.1, 0.15) is 28.7 Å². The van der Waals surface area contributed by atoms with Crippen molar-refractivity contribution in [3.05, 3.63) is 65.2 Å². The quantitative estimate of drug-likeness (QED) is 0.681. The molecule has 1 aliphatic rings. The minimum atomic E-state index is -0.250. The lowest BCUT2D eigenvalue weighted by molar-refractivity contribution is -0.129. The average Bonchev–Trinajstić information content (AvgIpc) is 3.30. The number of carbonyl (C=O) groups excluding carboxylic acids is 1. The summed E-state index contributed by atoms with van der Waals surface area (Å²) in [6, 6.07) is 8.27. The predicted octanol–water partition coefficient (Wildman–Crippen LogP) is 3.78. The van der Waals surface area contributed by atoms with Gasteiger partial charge in [-0.1, -0.05) is 12.1 Å². The van der Waals surface area contributed by atoms with Crippen LogP contribution in [0.2, 0.25) is 0 Å². The van der Waals surface area contributed by atoms with Crippen LogP contribution in [0, 0.1) is 19.8 Å².